The molecule has 0 aliphatic rings. The number of aldehydes is 1. The van der Waals surface area contributed by atoms with E-state index in [2.05, 4.69) is 0 Å². The van der Waals surface area contributed by atoms with Gasteiger partial charge in [0.25, 0.3) is 0 Å². The normalized spacial score (nSPS) is 11.1. The summed E-state index contributed by atoms with van der Waals surface area (Å²) in [6.07, 6.45) is 2.33. The van der Waals surface area contributed by atoms with Gasteiger partial charge in [-0.1, -0.05) is 0 Å². The molecule has 0 fully saturated rings. The minimum Gasteiger partial charge on any atom is -0.460 e. The molecule has 0 unspecified atom stereocenters. The Labute approximate surface area is 90.9 Å². The summed E-state index contributed by atoms with van der Waals surface area (Å²) >= 11 is 0. The van der Waals surface area contributed by atoms with Crippen LogP contribution < -0.4 is 0 Å². The molecule has 88 valence electrons. The van der Waals surface area contributed by atoms with E-state index in [9.17, 15) is 9.59 Å². The number of carbonyl (C=O) groups is 2. The maximum Gasteiger partial charge on any atom is 0.308 e. The van der Waals surface area contributed by atoms with E-state index >= 15 is 0 Å². The molecular weight excluding hydrogens is 196 g/mol. The van der Waals surface area contributed by atoms with Gasteiger partial charge in [-0.25, -0.2) is 0 Å². The third-order valence-corrected chi connectivity index (χ3v) is 1.48. The molecule has 0 saturated carbocycles. The van der Waals surface area contributed by atoms with Crippen molar-refractivity contribution in [3.8, 4) is 0 Å². The van der Waals surface area contributed by atoms with Crippen LogP contribution in [0.3, 0.4) is 0 Å². The Morgan fingerprint density at radius 1 is 1.27 bits per heavy atom. The molecule has 0 saturated heterocycles. The molecule has 0 aromatic carbocycles. The predicted octanol–water partition coefficient (Wildman–Crippen LogP) is 1.71. The number of ether oxygens (including phenoxy) is 2. The van der Waals surface area contributed by atoms with E-state index in [-0.39, 0.29) is 12.4 Å². The fraction of sp³-hybridized carbons (Fsp3) is 0.818. The molecular formula is C11H20O4. The number of hydrogen-bond donors (Lipinski definition) is 0. The second-order valence-electron chi connectivity index (χ2n) is 4.26. The van der Waals surface area contributed by atoms with Gasteiger partial charge in [0.1, 0.15) is 11.9 Å². The molecule has 0 N–H and O–H groups in total. The van der Waals surface area contributed by atoms with E-state index in [1.54, 1.807) is 0 Å². The van der Waals surface area contributed by atoms with Crippen molar-refractivity contribution in [3.63, 3.8) is 0 Å². The second-order valence-corrected chi connectivity index (χ2v) is 4.26. The number of esters is 1. The Balaban J connectivity index is 3.36. The van der Waals surface area contributed by atoms with Gasteiger partial charge in [0.2, 0.25) is 0 Å². The summed E-state index contributed by atoms with van der Waals surface area (Å²) in [6.45, 7) is 6.36. The zero-order valence-electron chi connectivity index (χ0n) is 9.75. The van der Waals surface area contributed by atoms with Crippen molar-refractivity contribution in [1.82, 2.24) is 0 Å². The summed E-state index contributed by atoms with van der Waals surface area (Å²) < 4.78 is 10.3. The highest BCUT2D eigenvalue weighted by Gasteiger charge is 2.15. The van der Waals surface area contributed by atoms with Crippen molar-refractivity contribution in [2.75, 3.05) is 13.2 Å². The van der Waals surface area contributed by atoms with Gasteiger partial charge in [0.15, 0.2) is 0 Å². The topological polar surface area (TPSA) is 52.6 Å². The molecule has 0 aromatic heterocycles. The second kappa shape index (κ2) is 7.40. The van der Waals surface area contributed by atoms with Gasteiger partial charge >= 0.3 is 5.97 Å². The quantitative estimate of drug-likeness (QED) is 0.369. The fourth-order valence-corrected chi connectivity index (χ4v) is 0.919. The summed E-state index contributed by atoms with van der Waals surface area (Å²) in [5.41, 5.74) is -0.436. The summed E-state index contributed by atoms with van der Waals surface area (Å²) in [5.74, 6) is -0.252. The highest BCUT2D eigenvalue weighted by molar-refractivity contribution is 5.69. The smallest absolute Gasteiger partial charge is 0.308 e. The van der Waals surface area contributed by atoms with Crippen molar-refractivity contribution >= 4 is 12.3 Å². The minimum absolute atomic E-state index is 0.252. The van der Waals surface area contributed by atoms with Crippen LogP contribution >= 0.6 is 0 Å². The van der Waals surface area contributed by atoms with Crippen LogP contribution in [0.5, 0.6) is 0 Å². The van der Waals surface area contributed by atoms with E-state index in [0.717, 1.165) is 6.29 Å². The zero-order chi connectivity index (χ0) is 11.7. The Kier molecular flexibility index (Phi) is 6.96. The molecule has 0 aliphatic carbocycles. The summed E-state index contributed by atoms with van der Waals surface area (Å²) in [4.78, 5) is 21.2. The first kappa shape index (κ1) is 14.1. The summed E-state index contributed by atoms with van der Waals surface area (Å²) in [6, 6.07) is 0. The molecule has 0 aliphatic heterocycles. The van der Waals surface area contributed by atoms with Crippen LogP contribution in [-0.2, 0) is 19.1 Å². The van der Waals surface area contributed by atoms with Crippen LogP contribution in [0, 0.1) is 0 Å². The Bertz CT molecular complexity index is 193. The molecule has 4 heteroatoms. The first-order chi connectivity index (χ1) is 6.95. The number of rotatable bonds is 7. The minimum atomic E-state index is -0.436. The number of unbranched alkanes of at least 4 members (excludes halogenated alkanes) is 1. The fourth-order valence-electron chi connectivity index (χ4n) is 0.919. The SMILES string of the molecule is CC(C)(C)OC(=O)CCOCCCC=O. The van der Waals surface area contributed by atoms with Gasteiger partial charge in [-0.3, -0.25) is 4.79 Å². The highest BCUT2D eigenvalue weighted by Crippen LogP contribution is 2.08. The van der Waals surface area contributed by atoms with Gasteiger partial charge in [-0.05, 0) is 27.2 Å². The third-order valence-electron chi connectivity index (χ3n) is 1.48. The van der Waals surface area contributed by atoms with E-state index in [4.69, 9.17) is 9.47 Å². The lowest BCUT2D eigenvalue weighted by Gasteiger charge is -2.19. The first-order valence-corrected chi connectivity index (χ1v) is 5.19. The van der Waals surface area contributed by atoms with Crippen molar-refractivity contribution in [2.24, 2.45) is 0 Å². The Hall–Kier alpha value is -0.900. The lowest BCUT2D eigenvalue weighted by atomic mass is 10.2. The predicted molar refractivity (Wildman–Crippen MR) is 56.6 cm³/mol. The highest BCUT2D eigenvalue weighted by atomic mass is 16.6. The van der Waals surface area contributed by atoms with Crippen LogP contribution in [0.2, 0.25) is 0 Å². The molecule has 0 spiro atoms. The van der Waals surface area contributed by atoms with E-state index in [1.807, 2.05) is 20.8 Å². The monoisotopic (exact) mass is 216 g/mol. The van der Waals surface area contributed by atoms with Gasteiger partial charge in [-0.15, -0.1) is 0 Å². The van der Waals surface area contributed by atoms with Gasteiger partial charge in [-0.2, -0.15) is 0 Å². The molecule has 4 nitrogen and oxygen atoms in total. The third kappa shape index (κ3) is 11.0. The summed E-state index contributed by atoms with van der Waals surface area (Å²) in [7, 11) is 0. The zero-order valence-corrected chi connectivity index (χ0v) is 9.75. The van der Waals surface area contributed by atoms with Crippen molar-refractivity contribution in [3.05, 3.63) is 0 Å². The lowest BCUT2D eigenvalue weighted by molar-refractivity contribution is -0.156. The van der Waals surface area contributed by atoms with Crippen molar-refractivity contribution in [2.45, 2.75) is 45.6 Å². The van der Waals surface area contributed by atoms with E-state index in [0.29, 0.717) is 26.1 Å². The standard InChI is InChI=1S/C11H20O4/c1-11(2,3)15-10(13)6-9-14-8-5-4-7-12/h7H,4-6,8-9H2,1-3H3. The van der Waals surface area contributed by atoms with Crippen LogP contribution in [0.4, 0.5) is 0 Å². The van der Waals surface area contributed by atoms with Crippen LogP contribution in [0.25, 0.3) is 0 Å². The average Bonchev–Trinajstić information content (AvgIpc) is 2.08. The van der Waals surface area contributed by atoms with Crippen LogP contribution in [-0.4, -0.2) is 31.1 Å². The average molecular weight is 216 g/mol. The van der Waals surface area contributed by atoms with E-state index in [1.165, 1.54) is 0 Å². The van der Waals surface area contributed by atoms with Gasteiger partial charge in [0.05, 0.1) is 13.0 Å². The number of carbonyl (C=O) groups excluding carboxylic acids is 2. The maximum absolute atomic E-state index is 11.2. The molecule has 0 aromatic rings. The Morgan fingerprint density at radius 3 is 2.47 bits per heavy atom. The molecule has 0 rings (SSSR count). The summed E-state index contributed by atoms with van der Waals surface area (Å²) in [5, 5.41) is 0. The Morgan fingerprint density at radius 2 is 1.93 bits per heavy atom. The van der Waals surface area contributed by atoms with Gasteiger partial charge in [0, 0.05) is 13.0 Å². The van der Waals surface area contributed by atoms with E-state index < -0.39 is 5.60 Å². The first-order valence-electron chi connectivity index (χ1n) is 5.19. The molecule has 0 heterocycles. The van der Waals surface area contributed by atoms with Crippen molar-refractivity contribution in [1.29, 1.82) is 0 Å². The molecule has 0 bridgehead atoms. The largest absolute Gasteiger partial charge is 0.460 e. The molecule has 0 radical (unpaired) electrons. The molecule has 0 amide bonds. The van der Waals surface area contributed by atoms with Crippen molar-refractivity contribution < 1.29 is 19.1 Å². The molecule has 15 heavy (non-hydrogen) atoms. The lowest BCUT2D eigenvalue weighted by Crippen LogP contribution is -2.24. The van der Waals surface area contributed by atoms with Crippen LogP contribution in [0.1, 0.15) is 40.0 Å². The molecule has 0 atom stereocenters. The maximum atomic E-state index is 11.2. The van der Waals surface area contributed by atoms with Gasteiger partial charge < -0.3 is 14.3 Å². The number of hydrogen-bond acceptors (Lipinski definition) is 4. The van der Waals surface area contributed by atoms with Crippen LogP contribution in [0.15, 0.2) is 0 Å².